The number of allylic oxidation sites excluding steroid dienone is 1. The first-order valence-electron chi connectivity index (χ1n) is 6.36. The van der Waals surface area contributed by atoms with Gasteiger partial charge in [-0.2, -0.15) is 0 Å². The minimum atomic E-state index is 0.237. The predicted molar refractivity (Wildman–Crippen MR) is 78.1 cm³/mol. The second-order valence-electron chi connectivity index (χ2n) is 5.75. The van der Waals surface area contributed by atoms with Crippen LogP contribution < -0.4 is 0 Å². The van der Waals surface area contributed by atoms with Gasteiger partial charge in [0.25, 0.3) is 0 Å². The van der Waals surface area contributed by atoms with Crippen LogP contribution in [0.1, 0.15) is 41.7 Å². The van der Waals surface area contributed by atoms with Crippen LogP contribution in [-0.4, -0.2) is 9.52 Å². The van der Waals surface area contributed by atoms with Gasteiger partial charge in [0.05, 0.1) is 0 Å². The Morgan fingerprint density at radius 2 is 1.76 bits per heavy atom. The van der Waals surface area contributed by atoms with Crippen LogP contribution in [0.15, 0.2) is 11.6 Å². The molecule has 1 aliphatic rings. The molecule has 1 aromatic carbocycles. The molecule has 0 amide bonds. The summed E-state index contributed by atoms with van der Waals surface area (Å²) in [6.45, 7) is 13.8. The fourth-order valence-corrected chi connectivity index (χ4v) is 4.03. The van der Waals surface area contributed by atoms with Crippen molar-refractivity contribution in [2.45, 2.75) is 52.6 Å². The predicted octanol–water partition coefficient (Wildman–Crippen LogP) is 4.46. The fourth-order valence-electron chi connectivity index (χ4n) is 3.11. The normalized spacial score (nSPS) is 16.9. The lowest BCUT2D eigenvalue weighted by Crippen LogP contribution is -2.19. The summed E-state index contributed by atoms with van der Waals surface area (Å²) < 4.78 is 0. The number of rotatable bonds is 2. The van der Waals surface area contributed by atoms with E-state index in [1.54, 1.807) is 11.1 Å². The summed E-state index contributed by atoms with van der Waals surface area (Å²) in [6.07, 6.45) is 2.46. The van der Waals surface area contributed by atoms with Crippen molar-refractivity contribution in [3.8, 4) is 0 Å². The van der Waals surface area contributed by atoms with Gasteiger partial charge in [-0.15, -0.1) is 0 Å². The lowest BCUT2D eigenvalue weighted by atomic mass is 9.78. The Morgan fingerprint density at radius 3 is 2.35 bits per heavy atom. The van der Waals surface area contributed by atoms with Gasteiger partial charge < -0.3 is 0 Å². The van der Waals surface area contributed by atoms with E-state index in [4.69, 9.17) is 0 Å². The van der Waals surface area contributed by atoms with E-state index < -0.39 is 0 Å². The van der Waals surface area contributed by atoms with Crippen molar-refractivity contribution in [1.82, 2.24) is 0 Å². The second kappa shape index (κ2) is 4.13. The Kier molecular flexibility index (Phi) is 3.07. The first-order chi connectivity index (χ1) is 7.89. The maximum absolute atomic E-state index is 2.46. The summed E-state index contributed by atoms with van der Waals surface area (Å²) in [6, 6.07) is 3.60. The highest BCUT2D eigenvalue weighted by Gasteiger charge is 2.34. The van der Waals surface area contributed by atoms with Crippen LogP contribution in [0.3, 0.4) is 0 Å². The Morgan fingerprint density at radius 1 is 1.12 bits per heavy atom. The largest absolute Gasteiger partial charge is 0.0730 e. The molecular weight excluding hydrogens is 220 g/mol. The lowest BCUT2D eigenvalue weighted by molar-refractivity contribution is 0.634. The molecule has 0 aromatic heterocycles. The summed E-state index contributed by atoms with van der Waals surface area (Å²) in [5, 5.41) is 0. The van der Waals surface area contributed by atoms with Crippen molar-refractivity contribution in [3.63, 3.8) is 0 Å². The Bertz CT molecular complexity index is 493. The zero-order chi connectivity index (χ0) is 12.8. The minimum Gasteiger partial charge on any atom is -0.0730 e. The van der Waals surface area contributed by atoms with Crippen LogP contribution in [0, 0.1) is 20.8 Å². The van der Waals surface area contributed by atoms with E-state index in [-0.39, 0.29) is 5.41 Å². The molecule has 1 aliphatic carbocycles. The second-order valence-corrected chi connectivity index (χ2v) is 6.81. The van der Waals surface area contributed by atoms with E-state index in [1.165, 1.54) is 28.3 Å². The molecule has 90 valence electrons. The van der Waals surface area contributed by atoms with Crippen LogP contribution in [0.2, 0.25) is 12.6 Å². The van der Waals surface area contributed by atoms with Gasteiger partial charge in [0.1, 0.15) is 0 Å². The average molecular weight is 242 g/mol. The standard InChI is InChI=1S/C16H22Si/c1-10-7-11(2)15-14(12(10)3)8-13(9-17-6)16(15,4)5/h7-8H,9H2,1-6H3. The fraction of sp³-hybridized carbons (Fsp3) is 0.500. The van der Waals surface area contributed by atoms with E-state index >= 15 is 0 Å². The molecular formula is C16H22Si. The molecule has 0 saturated heterocycles. The zero-order valence-electron chi connectivity index (χ0n) is 11.9. The van der Waals surface area contributed by atoms with Gasteiger partial charge in [0, 0.05) is 14.9 Å². The highest BCUT2D eigenvalue weighted by atomic mass is 28.2. The molecule has 17 heavy (non-hydrogen) atoms. The number of hydrogen-bond donors (Lipinski definition) is 0. The minimum absolute atomic E-state index is 0.237. The first kappa shape index (κ1) is 12.6. The van der Waals surface area contributed by atoms with Crippen LogP contribution in [0.5, 0.6) is 0 Å². The lowest BCUT2D eigenvalue weighted by Gasteiger charge is -2.27. The molecule has 0 heterocycles. The third-order valence-electron chi connectivity index (χ3n) is 4.21. The summed E-state index contributed by atoms with van der Waals surface area (Å²) >= 11 is 0. The molecule has 2 radical (unpaired) electrons. The Labute approximate surface area is 108 Å². The van der Waals surface area contributed by atoms with Crippen molar-refractivity contribution in [3.05, 3.63) is 39.5 Å². The molecule has 0 fully saturated rings. The monoisotopic (exact) mass is 242 g/mol. The molecule has 0 bridgehead atoms. The summed E-state index contributed by atoms with van der Waals surface area (Å²) in [5.41, 5.74) is 9.26. The zero-order valence-corrected chi connectivity index (χ0v) is 12.9. The highest BCUT2D eigenvalue weighted by molar-refractivity contribution is 6.34. The highest BCUT2D eigenvalue weighted by Crippen LogP contribution is 2.46. The van der Waals surface area contributed by atoms with Crippen molar-refractivity contribution >= 4 is 15.6 Å². The summed E-state index contributed by atoms with van der Waals surface area (Å²) in [4.78, 5) is 0. The molecule has 0 atom stereocenters. The Balaban J connectivity index is 2.67. The number of benzene rings is 1. The molecule has 2 rings (SSSR count). The van der Waals surface area contributed by atoms with E-state index in [0.717, 1.165) is 9.52 Å². The Hall–Kier alpha value is -0.823. The van der Waals surface area contributed by atoms with Crippen molar-refractivity contribution in [1.29, 1.82) is 0 Å². The maximum atomic E-state index is 2.46. The molecule has 0 spiro atoms. The first-order valence-corrected chi connectivity index (χ1v) is 8.07. The number of fused-ring (bicyclic) bond motifs is 1. The molecule has 0 N–H and O–H groups in total. The third kappa shape index (κ3) is 1.81. The third-order valence-corrected chi connectivity index (χ3v) is 4.94. The quantitative estimate of drug-likeness (QED) is 0.672. The van der Waals surface area contributed by atoms with Gasteiger partial charge in [-0.25, -0.2) is 0 Å². The molecule has 0 saturated carbocycles. The molecule has 1 aromatic rings. The van der Waals surface area contributed by atoms with E-state index in [9.17, 15) is 0 Å². The maximum Gasteiger partial charge on any atom is 0.0390 e. The van der Waals surface area contributed by atoms with Crippen LogP contribution >= 0.6 is 0 Å². The van der Waals surface area contributed by atoms with Crippen molar-refractivity contribution in [2.75, 3.05) is 0 Å². The van der Waals surface area contributed by atoms with Crippen molar-refractivity contribution in [2.24, 2.45) is 0 Å². The number of hydrogen-bond acceptors (Lipinski definition) is 0. The summed E-state index contributed by atoms with van der Waals surface area (Å²) in [7, 11) is 1.01. The molecule has 0 unspecified atom stereocenters. The van der Waals surface area contributed by atoms with Gasteiger partial charge in [0.15, 0.2) is 0 Å². The van der Waals surface area contributed by atoms with E-state index in [0.29, 0.717) is 0 Å². The summed E-state index contributed by atoms with van der Waals surface area (Å²) in [5.74, 6) is 0. The smallest absolute Gasteiger partial charge is 0.0390 e. The average Bonchev–Trinajstić information content (AvgIpc) is 2.49. The van der Waals surface area contributed by atoms with Crippen LogP contribution in [0.4, 0.5) is 0 Å². The van der Waals surface area contributed by atoms with Crippen molar-refractivity contribution < 1.29 is 0 Å². The van der Waals surface area contributed by atoms with Gasteiger partial charge in [-0.05, 0) is 54.6 Å². The SMILES string of the molecule is C[Si]CC1=Cc2c(C)c(C)cc(C)c2C1(C)C. The van der Waals surface area contributed by atoms with Crippen LogP contribution in [0.25, 0.3) is 6.08 Å². The van der Waals surface area contributed by atoms with Gasteiger partial charge >= 0.3 is 0 Å². The van der Waals surface area contributed by atoms with Crippen LogP contribution in [-0.2, 0) is 5.41 Å². The molecule has 1 heteroatoms. The molecule has 0 aliphatic heterocycles. The molecule has 0 nitrogen and oxygen atoms in total. The number of aryl methyl sites for hydroxylation is 2. The topological polar surface area (TPSA) is 0 Å². The van der Waals surface area contributed by atoms with Gasteiger partial charge in [-0.3, -0.25) is 0 Å². The van der Waals surface area contributed by atoms with Gasteiger partial charge in [-0.1, -0.05) is 38.1 Å². The van der Waals surface area contributed by atoms with Gasteiger partial charge in [0.2, 0.25) is 0 Å². The van der Waals surface area contributed by atoms with E-state index in [1.807, 2.05) is 0 Å². The van der Waals surface area contributed by atoms with E-state index in [2.05, 4.69) is 53.3 Å².